The number of aromatic nitrogens is 2. The molecule has 0 aliphatic heterocycles. The van der Waals surface area contributed by atoms with Crippen LogP contribution in [0.15, 0.2) is 46.8 Å². The van der Waals surface area contributed by atoms with Gasteiger partial charge < -0.3 is 14.8 Å². The fraction of sp³-hybridized carbons (Fsp3) is 0.240. The normalized spacial score (nSPS) is 10.9. The minimum atomic E-state index is -0.548. The molecule has 4 aromatic rings. The van der Waals surface area contributed by atoms with E-state index < -0.39 is 23.4 Å². The fourth-order valence-corrected chi connectivity index (χ4v) is 5.68. The summed E-state index contributed by atoms with van der Waals surface area (Å²) in [5, 5.41) is 5.12. The molecule has 0 spiro atoms. The average Bonchev–Trinajstić information content (AvgIpc) is 3.43. The van der Waals surface area contributed by atoms with E-state index >= 15 is 0 Å². The van der Waals surface area contributed by atoms with E-state index in [1.54, 1.807) is 26.2 Å². The summed E-state index contributed by atoms with van der Waals surface area (Å²) >= 11 is 2.28. The van der Waals surface area contributed by atoms with E-state index in [0.29, 0.717) is 25.8 Å². The van der Waals surface area contributed by atoms with Crippen LogP contribution in [-0.4, -0.2) is 40.6 Å². The number of hydrogen-bond acceptors (Lipinski definition) is 9. The van der Waals surface area contributed by atoms with Crippen LogP contribution in [0.3, 0.4) is 0 Å². The molecule has 3 aromatic heterocycles. The maximum absolute atomic E-state index is 13.1. The molecule has 1 amide bonds. The van der Waals surface area contributed by atoms with Crippen molar-refractivity contribution in [2.45, 2.75) is 27.3 Å². The first-order chi connectivity index (χ1) is 17.3. The number of nitrogens with one attached hydrogen (secondary N) is 1. The Bertz CT molecular complexity index is 1500. The number of carbonyl (C=O) groups excluding carboxylic acids is 3. The van der Waals surface area contributed by atoms with Crippen molar-refractivity contribution < 1.29 is 23.9 Å². The van der Waals surface area contributed by atoms with Gasteiger partial charge in [-0.05, 0) is 31.9 Å². The third-order valence-electron chi connectivity index (χ3n) is 5.30. The Morgan fingerprint density at radius 1 is 1.06 bits per heavy atom. The van der Waals surface area contributed by atoms with Crippen LogP contribution in [0.5, 0.6) is 0 Å². The number of nitrogens with zero attached hydrogens (tertiary/aromatic N) is 2. The summed E-state index contributed by atoms with van der Waals surface area (Å²) in [6.07, 6.45) is 1.27. The summed E-state index contributed by atoms with van der Waals surface area (Å²) in [4.78, 5) is 55.9. The van der Waals surface area contributed by atoms with Gasteiger partial charge in [0.15, 0.2) is 0 Å². The topological polar surface area (TPSA) is 117 Å². The maximum Gasteiger partial charge on any atom is 0.348 e. The highest BCUT2D eigenvalue weighted by atomic mass is 32.1. The van der Waals surface area contributed by atoms with Crippen molar-refractivity contribution >= 4 is 55.7 Å². The highest BCUT2D eigenvalue weighted by molar-refractivity contribution is 7.20. The Morgan fingerprint density at radius 3 is 2.44 bits per heavy atom. The second-order valence-corrected chi connectivity index (χ2v) is 9.50. The van der Waals surface area contributed by atoms with Crippen molar-refractivity contribution in [1.29, 1.82) is 0 Å². The largest absolute Gasteiger partial charge is 0.462 e. The molecule has 0 aliphatic rings. The molecule has 0 unspecified atom stereocenters. The number of hydrogen-bond donors (Lipinski definition) is 1. The summed E-state index contributed by atoms with van der Waals surface area (Å²) in [6.45, 7) is 5.14. The van der Waals surface area contributed by atoms with Crippen LogP contribution in [-0.2, 0) is 20.8 Å². The van der Waals surface area contributed by atoms with Gasteiger partial charge >= 0.3 is 11.9 Å². The zero-order valence-corrected chi connectivity index (χ0v) is 21.5. The number of benzene rings is 1. The van der Waals surface area contributed by atoms with E-state index in [1.165, 1.54) is 22.2 Å². The third kappa shape index (κ3) is 4.93. The molecule has 0 aliphatic carbocycles. The summed E-state index contributed by atoms with van der Waals surface area (Å²) < 4.78 is 11.4. The number of aryl methyl sites for hydroxylation is 1. The first-order valence-corrected chi connectivity index (χ1v) is 12.8. The van der Waals surface area contributed by atoms with Crippen LogP contribution < -0.4 is 10.9 Å². The molecule has 1 N–H and O–H groups in total. The second kappa shape index (κ2) is 10.8. The lowest BCUT2D eigenvalue weighted by Crippen LogP contribution is -2.28. The van der Waals surface area contributed by atoms with Gasteiger partial charge in [0.1, 0.15) is 26.8 Å². The first-order valence-electron chi connectivity index (χ1n) is 11.1. The molecule has 4 rings (SSSR count). The Labute approximate surface area is 214 Å². The van der Waals surface area contributed by atoms with Crippen molar-refractivity contribution in [2.24, 2.45) is 0 Å². The first kappa shape index (κ1) is 25.3. The summed E-state index contributed by atoms with van der Waals surface area (Å²) in [6, 6.07) is 9.32. The zero-order chi connectivity index (χ0) is 25.8. The zero-order valence-electron chi connectivity index (χ0n) is 19.8. The number of esters is 2. The molecule has 0 fully saturated rings. The van der Waals surface area contributed by atoms with E-state index in [9.17, 15) is 19.2 Å². The van der Waals surface area contributed by atoms with Gasteiger partial charge in [0.05, 0.1) is 24.9 Å². The number of amides is 1. The molecule has 186 valence electrons. The monoisotopic (exact) mass is 525 g/mol. The van der Waals surface area contributed by atoms with E-state index in [0.717, 1.165) is 16.9 Å². The Balaban J connectivity index is 1.62. The minimum absolute atomic E-state index is 0.186. The van der Waals surface area contributed by atoms with E-state index in [1.807, 2.05) is 30.3 Å². The number of fused-ring (bicyclic) bond motifs is 1. The predicted molar refractivity (Wildman–Crippen MR) is 139 cm³/mol. The lowest BCUT2D eigenvalue weighted by Gasteiger charge is -2.10. The summed E-state index contributed by atoms with van der Waals surface area (Å²) in [5.74, 6) is -1.57. The van der Waals surface area contributed by atoms with E-state index in [-0.39, 0.29) is 30.7 Å². The Kier molecular flexibility index (Phi) is 7.61. The minimum Gasteiger partial charge on any atom is -0.462 e. The van der Waals surface area contributed by atoms with Crippen LogP contribution in [0.25, 0.3) is 21.3 Å². The smallest absolute Gasteiger partial charge is 0.348 e. The van der Waals surface area contributed by atoms with Crippen molar-refractivity contribution in [1.82, 2.24) is 9.55 Å². The molecule has 0 saturated carbocycles. The van der Waals surface area contributed by atoms with Crippen molar-refractivity contribution in [3.8, 4) is 11.1 Å². The quantitative estimate of drug-likeness (QED) is 0.337. The summed E-state index contributed by atoms with van der Waals surface area (Å²) in [7, 11) is 0. The molecule has 0 radical (unpaired) electrons. The number of carbonyl (C=O) groups is 3. The standard InChI is InChI=1S/C25H23N3O6S2/c1-4-33-24(31)19-16(15-9-7-6-8-10-15)12-35-22(19)27-17(29)11-28-13-26-21-18(23(28)30)14(3)20(36-21)25(32)34-5-2/h6-10,12-13H,4-5,11H2,1-3H3,(H,27,29). The van der Waals surface area contributed by atoms with E-state index in [2.05, 4.69) is 10.3 Å². The van der Waals surface area contributed by atoms with Crippen LogP contribution in [0, 0.1) is 6.92 Å². The molecule has 1 aromatic carbocycles. The molecule has 0 atom stereocenters. The lowest BCUT2D eigenvalue weighted by atomic mass is 10.0. The molecule has 9 nitrogen and oxygen atoms in total. The van der Waals surface area contributed by atoms with Gasteiger partial charge in [-0.25, -0.2) is 14.6 Å². The molecule has 36 heavy (non-hydrogen) atoms. The Morgan fingerprint density at radius 2 is 1.75 bits per heavy atom. The van der Waals surface area contributed by atoms with Gasteiger partial charge in [0, 0.05) is 10.9 Å². The fourth-order valence-electron chi connectivity index (χ4n) is 3.67. The van der Waals surface area contributed by atoms with Crippen molar-refractivity contribution in [3.63, 3.8) is 0 Å². The highest BCUT2D eigenvalue weighted by Crippen LogP contribution is 2.36. The van der Waals surface area contributed by atoms with Gasteiger partial charge in [0.25, 0.3) is 5.56 Å². The van der Waals surface area contributed by atoms with Crippen molar-refractivity contribution in [3.05, 3.63) is 68.4 Å². The molecule has 0 bridgehead atoms. The van der Waals surface area contributed by atoms with E-state index in [4.69, 9.17) is 9.47 Å². The molecule has 11 heteroatoms. The highest BCUT2D eigenvalue weighted by Gasteiger charge is 2.24. The number of rotatable bonds is 8. The molecular weight excluding hydrogens is 502 g/mol. The number of thiophene rings is 2. The second-order valence-electron chi connectivity index (χ2n) is 7.62. The molecule has 3 heterocycles. The Hall–Kier alpha value is -3.83. The molecule has 0 saturated heterocycles. The predicted octanol–water partition coefficient (Wildman–Crippen LogP) is 4.49. The number of ether oxygens (including phenoxy) is 2. The van der Waals surface area contributed by atoms with Gasteiger partial charge in [-0.1, -0.05) is 30.3 Å². The number of anilines is 1. The average molecular weight is 526 g/mol. The third-order valence-corrected chi connectivity index (χ3v) is 7.38. The lowest BCUT2D eigenvalue weighted by molar-refractivity contribution is -0.116. The van der Waals surface area contributed by atoms with Gasteiger partial charge in [0.2, 0.25) is 5.91 Å². The summed E-state index contributed by atoms with van der Waals surface area (Å²) in [5.41, 5.74) is 1.75. The van der Waals surface area contributed by atoms with Crippen LogP contribution in [0.2, 0.25) is 0 Å². The van der Waals surface area contributed by atoms with Crippen LogP contribution >= 0.6 is 22.7 Å². The maximum atomic E-state index is 13.1. The van der Waals surface area contributed by atoms with Crippen molar-refractivity contribution in [2.75, 3.05) is 18.5 Å². The van der Waals surface area contributed by atoms with Crippen LogP contribution in [0.1, 0.15) is 39.4 Å². The molecular formula is C25H23N3O6S2. The van der Waals surface area contributed by atoms with Crippen LogP contribution in [0.4, 0.5) is 5.00 Å². The van der Waals surface area contributed by atoms with Gasteiger partial charge in [-0.3, -0.25) is 14.2 Å². The SMILES string of the molecule is CCOC(=O)c1sc2ncn(CC(=O)Nc3scc(-c4ccccc4)c3C(=O)OCC)c(=O)c2c1C. The van der Waals surface area contributed by atoms with Gasteiger partial charge in [-0.15, -0.1) is 22.7 Å². The van der Waals surface area contributed by atoms with Gasteiger partial charge in [-0.2, -0.15) is 0 Å².